The van der Waals surface area contributed by atoms with E-state index in [0.29, 0.717) is 12.0 Å². The van der Waals surface area contributed by atoms with Gasteiger partial charge in [-0.2, -0.15) is 0 Å². The average molecular weight is 242 g/mol. The third-order valence-corrected chi connectivity index (χ3v) is 2.85. The summed E-state index contributed by atoms with van der Waals surface area (Å²) in [6.45, 7) is 0. The Labute approximate surface area is 106 Å². The Morgan fingerprint density at radius 1 is 1.00 bits per heavy atom. The molecule has 0 unspecified atom stereocenters. The Kier molecular flexibility index (Phi) is 3.72. The van der Waals surface area contributed by atoms with E-state index in [1.807, 2.05) is 30.3 Å². The van der Waals surface area contributed by atoms with E-state index in [4.69, 9.17) is 4.74 Å². The van der Waals surface area contributed by atoms with E-state index in [0.717, 1.165) is 12.0 Å². The first kappa shape index (κ1) is 12.3. The van der Waals surface area contributed by atoms with Gasteiger partial charge in [0.25, 0.3) is 0 Å². The molecule has 0 radical (unpaired) electrons. The van der Waals surface area contributed by atoms with Crippen LogP contribution in [-0.4, -0.2) is 18.7 Å². The number of hydrogen-bond donors (Lipinski definition) is 0. The number of allylic oxidation sites excluding steroid dienone is 3. The molecule has 1 aliphatic carbocycles. The molecule has 0 fully saturated rings. The van der Waals surface area contributed by atoms with Crippen LogP contribution in [0.4, 0.5) is 0 Å². The minimum absolute atomic E-state index is 0.130. The van der Waals surface area contributed by atoms with Gasteiger partial charge in [0.2, 0.25) is 5.78 Å². The highest BCUT2D eigenvalue weighted by Gasteiger charge is 2.21. The summed E-state index contributed by atoms with van der Waals surface area (Å²) < 4.78 is 4.91. The maximum atomic E-state index is 11.9. The van der Waals surface area contributed by atoms with Crippen molar-refractivity contribution in [3.05, 3.63) is 59.4 Å². The summed E-state index contributed by atoms with van der Waals surface area (Å²) >= 11 is 0. The maximum absolute atomic E-state index is 11.9. The summed E-state index contributed by atoms with van der Waals surface area (Å²) in [7, 11) is 1.40. The molecule has 0 N–H and O–H groups in total. The number of carbonyl (C=O) groups excluding carboxylic acids is 2. The summed E-state index contributed by atoms with van der Waals surface area (Å²) in [6, 6.07) is 9.87. The van der Waals surface area contributed by atoms with Gasteiger partial charge in [-0.05, 0) is 24.5 Å². The highest BCUT2D eigenvalue weighted by atomic mass is 16.5. The zero-order chi connectivity index (χ0) is 13.0. The molecule has 1 aromatic carbocycles. The van der Waals surface area contributed by atoms with E-state index in [9.17, 15) is 9.59 Å². The monoisotopic (exact) mass is 242 g/mol. The molecule has 0 spiro atoms. The van der Waals surface area contributed by atoms with Crippen LogP contribution in [0.3, 0.4) is 0 Å². The van der Waals surface area contributed by atoms with Crippen molar-refractivity contribution in [1.82, 2.24) is 0 Å². The molecule has 1 aromatic rings. The molecule has 0 aliphatic heterocycles. The van der Waals surface area contributed by atoms with E-state index >= 15 is 0 Å². The molecule has 92 valence electrons. The smallest absolute Gasteiger partial charge is 0.223 e. The number of rotatable bonds is 4. The first-order chi connectivity index (χ1) is 8.70. The van der Waals surface area contributed by atoms with Gasteiger partial charge in [0, 0.05) is 11.6 Å². The number of aryl methyl sites for hydroxylation is 1. The number of ether oxygens (including phenoxy) is 1. The van der Waals surface area contributed by atoms with Crippen molar-refractivity contribution < 1.29 is 14.3 Å². The van der Waals surface area contributed by atoms with E-state index in [2.05, 4.69) is 0 Å². The fourth-order valence-electron chi connectivity index (χ4n) is 1.89. The van der Waals surface area contributed by atoms with Crippen LogP contribution in [0.2, 0.25) is 0 Å². The predicted molar refractivity (Wildman–Crippen MR) is 68.0 cm³/mol. The lowest BCUT2D eigenvalue weighted by molar-refractivity contribution is -0.117. The lowest BCUT2D eigenvalue weighted by Gasteiger charge is -2.12. The molecule has 2 rings (SSSR count). The van der Waals surface area contributed by atoms with Gasteiger partial charge in [0.15, 0.2) is 11.5 Å². The van der Waals surface area contributed by atoms with Gasteiger partial charge in [-0.3, -0.25) is 9.59 Å². The number of methoxy groups -OCH3 is 1. The quantitative estimate of drug-likeness (QED) is 0.760. The molecule has 0 atom stereocenters. The SMILES string of the molecule is COC1=CC(=O)C=C(CCc2ccccc2)C1=O. The zero-order valence-corrected chi connectivity index (χ0v) is 10.2. The number of Topliss-reactive ketones (excluding diaryl/α,β-unsaturated/α-hetero) is 1. The standard InChI is InChI=1S/C15H14O3/c1-18-14-10-13(16)9-12(15(14)17)8-7-11-5-3-2-4-6-11/h2-6,9-10H,7-8H2,1H3. The van der Waals surface area contributed by atoms with Crippen molar-refractivity contribution in [2.75, 3.05) is 7.11 Å². The summed E-state index contributed by atoms with van der Waals surface area (Å²) in [5.74, 6) is -0.242. The first-order valence-corrected chi connectivity index (χ1v) is 5.79. The maximum Gasteiger partial charge on any atom is 0.223 e. The Balaban J connectivity index is 2.06. The third-order valence-electron chi connectivity index (χ3n) is 2.85. The highest BCUT2D eigenvalue weighted by molar-refractivity contribution is 6.19. The second-order valence-corrected chi connectivity index (χ2v) is 4.10. The molecule has 0 saturated carbocycles. The zero-order valence-electron chi connectivity index (χ0n) is 10.2. The number of benzene rings is 1. The number of carbonyl (C=O) groups is 2. The van der Waals surface area contributed by atoms with Crippen LogP contribution in [0.5, 0.6) is 0 Å². The van der Waals surface area contributed by atoms with Crippen LogP contribution in [0.1, 0.15) is 12.0 Å². The van der Waals surface area contributed by atoms with Crippen molar-refractivity contribution in [1.29, 1.82) is 0 Å². The summed E-state index contributed by atoms with van der Waals surface area (Å²) in [5, 5.41) is 0. The van der Waals surface area contributed by atoms with Crippen molar-refractivity contribution in [2.45, 2.75) is 12.8 Å². The van der Waals surface area contributed by atoms with Gasteiger partial charge >= 0.3 is 0 Å². The van der Waals surface area contributed by atoms with Crippen molar-refractivity contribution in [3.8, 4) is 0 Å². The third kappa shape index (κ3) is 2.74. The number of hydrogen-bond acceptors (Lipinski definition) is 3. The van der Waals surface area contributed by atoms with Gasteiger partial charge in [0.1, 0.15) is 0 Å². The van der Waals surface area contributed by atoms with E-state index in [1.165, 1.54) is 19.3 Å². The normalized spacial score (nSPS) is 15.2. The van der Waals surface area contributed by atoms with Gasteiger partial charge in [-0.1, -0.05) is 30.3 Å². The summed E-state index contributed by atoms with van der Waals surface area (Å²) in [4.78, 5) is 23.3. The minimum atomic E-state index is -0.187. The Bertz CT molecular complexity index is 524. The van der Waals surface area contributed by atoms with Crippen LogP contribution in [0, 0.1) is 0 Å². The Morgan fingerprint density at radius 2 is 1.72 bits per heavy atom. The molecule has 0 heterocycles. The molecular weight excluding hydrogens is 228 g/mol. The second-order valence-electron chi connectivity index (χ2n) is 4.10. The van der Waals surface area contributed by atoms with Gasteiger partial charge in [-0.15, -0.1) is 0 Å². The molecule has 1 aliphatic rings. The van der Waals surface area contributed by atoms with Crippen LogP contribution < -0.4 is 0 Å². The van der Waals surface area contributed by atoms with Crippen molar-refractivity contribution in [2.24, 2.45) is 0 Å². The van der Waals surface area contributed by atoms with Crippen molar-refractivity contribution in [3.63, 3.8) is 0 Å². The first-order valence-electron chi connectivity index (χ1n) is 5.79. The Hall–Kier alpha value is -2.16. The van der Waals surface area contributed by atoms with Crippen LogP contribution >= 0.6 is 0 Å². The van der Waals surface area contributed by atoms with Crippen LogP contribution in [0.15, 0.2) is 53.8 Å². The summed E-state index contributed by atoms with van der Waals surface area (Å²) in [5.41, 5.74) is 1.66. The summed E-state index contributed by atoms with van der Waals surface area (Å²) in [6.07, 6.45) is 3.92. The van der Waals surface area contributed by atoms with Gasteiger partial charge in [-0.25, -0.2) is 0 Å². The fraction of sp³-hybridized carbons (Fsp3) is 0.200. The fourth-order valence-corrected chi connectivity index (χ4v) is 1.89. The average Bonchev–Trinajstić information content (AvgIpc) is 2.40. The molecule has 18 heavy (non-hydrogen) atoms. The lowest BCUT2D eigenvalue weighted by Crippen LogP contribution is -2.16. The van der Waals surface area contributed by atoms with E-state index < -0.39 is 0 Å². The number of ketones is 2. The molecule has 0 bridgehead atoms. The molecule has 3 nitrogen and oxygen atoms in total. The van der Waals surface area contributed by atoms with Crippen molar-refractivity contribution >= 4 is 11.6 Å². The predicted octanol–water partition coefficient (Wildman–Crippen LogP) is 2.23. The molecule has 0 aromatic heterocycles. The van der Waals surface area contributed by atoms with Crippen LogP contribution in [0.25, 0.3) is 0 Å². The van der Waals surface area contributed by atoms with Crippen LogP contribution in [-0.2, 0) is 20.7 Å². The molecule has 0 saturated heterocycles. The molecular formula is C15H14O3. The second kappa shape index (κ2) is 5.45. The highest BCUT2D eigenvalue weighted by Crippen LogP contribution is 2.18. The Morgan fingerprint density at radius 3 is 2.39 bits per heavy atom. The van der Waals surface area contributed by atoms with E-state index in [-0.39, 0.29) is 17.3 Å². The topological polar surface area (TPSA) is 43.4 Å². The molecule has 3 heteroatoms. The van der Waals surface area contributed by atoms with Gasteiger partial charge in [0.05, 0.1) is 7.11 Å². The van der Waals surface area contributed by atoms with E-state index in [1.54, 1.807) is 0 Å². The lowest BCUT2D eigenvalue weighted by atomic mass is 9.96. The minimum Gasteiger partial charge on any atom is -0.493 e. The largest absolute Gasteiger partial charge is 0.493 e. The van der Waals surface area contributed by atoms with Gasteiger partial charge < -0.3 is 4.74 Å². The molecule has 0 amide bonds.